The van der Waals surface area contributed by atoms with Gasteiger partial charge in [-0.2, -0.15) is 0 Å². The lowest BCUT2D eigenvalue weighted by Crippen LogP contribution is -2.34. The Morgan fingerprint density at radius 1 is 0.791 bits per heavy atom. The highest BCUT2D eigenvalue weighted by molar-refractivity contribution is 5.97. The van der Waals surface area contributed by atoms with E-state index in [0.717, 1.165) is 36.8 Å². The molecule has 6 aliphatic rings. The highest BCUT2D eigenvalue weighted by atomic mass is 16.7. The van der Waals surface area contributed by atoms with Crippen molar-refractivity contribution in [2.24, 2.45) is 11.8 Å². The molecule has 232 valence electrons. The number of carbonyl (C=O) groups excluding carboxylic acids is 4. The van der Waals surface area contributed by atoms with Gasteiger partial charge >= 0.3 is 11.9 Å². The molecule has 4 heterocycles. The molecule has 2 amide bonds. The zero-order chi connectivity index (χ0) is 30.5. The summed E-state index contributed by atoms with van der Waals surface area (Å²) in [6, 6.07) is 0. The standard InChI is InChI=1S/C33H42N2O8/c1-18-22-11-9-20(7-5-13-32(3)28(42-32)26(22)40-30(18)38)16-34-24(36)15-25(37)35-17-21-8-6-14-33(4)29(43-33)27-23(12-10-21)19(2)31(39)41-27/h7-8,22-23,26-29H,1-2,5-6,9-17H2,3-4H3,(H,34,36)(H,35,37)/b20-7+,21-8+/t22-,23-,26-,27-,28-,29-,32+,33+/m0/s1. The molecule has 0 radical (unpaired) electrons. The molecule has 0 aromatic rings. The maximum absolute atomic E-state index is 12.7. The molecule has 43 heavy (non-hydrogen) atoms. The normalized spacial score (nSPS) is 41.0. The summed E-state index contributed by atoms with van der Waals surface area (Å²) in [6.45, 7) is 12.7. The first-order valence-corrected chi connectivity index (χ1v) is 15.5. The maximum Gasteiger partial charge on any atom is 0.334 e. The lowest BCUT2D eigenvalue weighted by Gasteiger charge is -2.20. The average molecular weight is 595 g/mol. The van der Waals surface area contributed by atoms with Gasteiger partial charge in [0, 0.05) is 36.1 Å². The highest BCUT2D eigenvalue weighted by Gasteiger charge is 2.62. The summed E-state index contributed by atoms with van der Waals surface area (Å²) in [5.74, 6) is -1.61. The Labute approximate surface area is 252 Å². The van der Waals surface area contributed by atoms with Gasteiger partial charge < -0.3 is 29.6 Å². The van der Waals surface area contributed by atoms with Crippen LogP contribution in [0.5, 0.6) is 0 Å². The van der Waals surface area contributed by atoms with E-state index in [9.17, 15) is 19.2 Å². The van der Waals surface area contributed by atoms with Crippen LogP contribution in [0.3, 0.4) is 0 Å². The van der Waals surface area contributed by atoms with Crippen molar-refractivity contribution < 1.29 is 38.1 Å². The Hall–Kier alpha value is -3.24. The number of amides is 2. The second kappa shape index (κ2) is 11.4. The number of hydrogen-bond acceptors (Lipinski definition) is 8. The van der Waals surface area contributed by atoms with Crippen LogP contribution in [-0.2, 0) is 38.1 Å². The predicted molar refractivity (Wildman–Crippen MR) is 155 cm³/mol. The number of hydrogen-bond donors (Lipinski definition) is 2. The first-order chi connectivity index (χ1) is 20.5. The van der Waals surface area contributed by atoms with Crippen LogP contribution in [0.1, 0.15) is 71.6 Å². The summed E-state index contributed by atoms with van der Waals surface area (Å²) < 4.78 is 23.1. The zero-order valence-corrected chi connectivity index (χ0v) is 25.1. The third-order valence-corrected chi connectivity index (χ3v) is 10.2. The zero-order valence-electron chi connectivity index (χ0n) is 25.1. The number of carbonyl (C=O) groups is 4. The van der Waals surface area contributed by atoms with Gasteiger partial charge in [0.15, 0.2) is 0 Å². The molecule has 6 rings (SSSR count). The molecular formula is C33H42N2O8. The lowest BCUT2D eigenvalue weighted by molar-refractivity contribution is -0.140. The van der Waals surface area contributed by atoms with Crippen LogP contribution in [0.15, 0.2) is 47.6 Å². The highest BCUT2D eigenvalue weighted by Crippen LogP contribution is 2.51. The molecule has 0 spiro atoms. The van der Waals surface area contributed by atoms with E-state index < -0.39 is 0 Å². The van der Waals surface area contributed by atoms with Gasteiger partial charge in [-0.3, -0.25) is 9.59 Å². The molecular weight excluding hydrogens is 552 g/mol. The van der Waals surface area contributed by atoms with Crippen molar-refractivity contribution in [2.75, 3.05) is 13.1 Å². The van der Waals surface area contributed by atoms with Crippen molar-refractivity contribution >= 4 is 23.8 Å². The summed E-state index contributed by atoms with van der Waals surface area (Å²) in [6.07, 6.45) is 9.13. The fourth-order valence-electron chi connectivity index (χ4n) is 7.26. The van der Waals surface area contributed by atoms with E-state index in [2.05, 4.69) is 35.9 Å². The van der Waals surface area contributed by atoms with Crippen molar-refractivity contribution in [3.8, 4) is 0 Å². The summed E-state index contributed by atoms with van der Waals surface area (Å²) in [5.41, 5.74) is 2.45. The van der Waals surface area contributed by atoms with Crippen LogP contribution in [0.4, 0.5) is 0 Å². The first-order valence-electron chi connectivity index (χ1n) is 15.5. The van der Waals surface area contributed by atoms with E-state index in [4.69, 9.17) is 18.9 Å². The Morgan fingerprint density at radius 3 is 1.63 bits per heavy atom. The molecule has 4 fully saturated rings. The van der Waals surface area contributed by atoms with Gasteiger partial charge in [-0.1, -0.05) is 36.5 Å². The molecule has 4 aliphatic heterocycles. The number of ether oxygens (including phenoxy) is 4. The number of epoxide rings is 2. The molecule has 0 bridgehead atoms. The number of allylic oxidation sites excluding steroid dienone is 2. The van der Waals surface area contributed by atoms with E-state index in [1.165, 1.54) is 0 Å². The quantitative estimate of drug-likeness (QED) is 0.157. The summed E-state index contributed by atoms with van der Waals surface area (Å²) in [7, 11) is 0. The summed E-state index contributed by atoms with van der Waals surface area (Å²) in [4.78, 5) is 49.8. The second-order valence-electron chi connectivity index (χ2n) is 13.3. The summed E-state index contributed by atoms with van der Waals surface area (Å²) >= 11 is 0. The fraction of sp³-hybridized carbons (Fsp3) is 0.636. The van der Waals surface area contributed by atoms with Crippen molar-refractivity contribution in [2.45, 2.75) is 107 Å². The monoisotopic (exact) mass is 594 g/mol. The minimum atomic E-state index is -0.352. The van der Waals surface area contributed by atoms with Crippen LogP contribution < -0.4 is 10.6 Å². The lowest BCUT2D eigenvalue weighted by atomic mass is 9.84. The van der Waals surface area contributed by atoms with Gasteiger partial charge in [0.1, 0.15) is 30.8 Å². The summed E-state index contributed by atoms with van der Waals surface area (Å²) in [5, 5.41) is 5.79. The first kappa shape index (κ1) is 29.8. The third kappa shape index (κ3) is 6.09. The Kier molecular flexibility index (Phi) is 7.87. The van der Waals surface area contributed by atoms with Gasteiger partial charge in [0.05, 0.1) is 11.2 Å². The molecule has 0 saturated carbocycles. The largest absolute Gasteiger partial charge is 0.455 e. The smallest absolute Gasteiger partial charge is 0.334 e. The third-order valence-electron chi connectivity index (χ3n) is 10.2. The molecule has 0 aromatic carbocycles. The van der Waals surface area contributed by atoms with E-state index in [1.807, 2.05) is 13.8 Å². The van der Waals surface area contributed by atoms with Gasteiger partial charge in [-0.15, -0.1) is 0 Å². The van der Waals surface area contributed by atoms with Crippen molar-refractivity contribution in [3.05, 3.63) is 47.6 Å². The van der Waals surface area contributed by atoms with Gasteiger partial charge in [0.2, 0.25) is 11.8 Å². The number of rotatable bonds is 6. The van der Waals surface area contributed by atoms with E-state index >= 15 is 0 Å². The topological polar surface area (TPSA) is 136 Å². The van der Waals surface area contributed by atoms with Gasteiger partial charge in [-0.05, 0) is 65.2 Å². The minimum Gasteiger partial charge on any atom is -0.455 e. The SMILES string of the molecule is C=C1C(=O)O[C@H]2[C@H]1CC/C(CNC(=O)CC(=O)NC/C1=C/CC[C@@]3(C)O[C@H]3[C@H]3OC(=O)C(=C)[C@@H]3CC1)=C\CC[C@@]1(C)O[C@@H]21. The van der Waals surface area contributed by atoms with Crippen LogP contribution in [0.2, 0.25) is 0 Å². The van der Waals surface area contributed by atoms with Gasteiger partial charge in [-0.25, -0.2) is 9.59 Å². The number of fused-ring (bicyclic) bond motifs is 6. The Bertz CT molecular complexity index is 1220. The minimum absolute atomic E-state index is 0.0961. The average Bonchev–Trinajstić information content (AvgIpc) is 3.77. The molecule has 4 saturated heterocycles. The van der Waals surface area contributed by atoms with E-state index in [1.54, 1.807) is 0 Å². The number of nitrogens with one attached hydrogen (secondary N) is 2. The molecule has 2 N–H and O–H groups in total. The fourth-order valence-corrected chi connectivity index (χ4v) is 7.26. The van der Waals surface area contributed by atoms with Crippen LogP contribution >= 0.6 is 0 Å². The predicted octanol–water partition coefficient (Wildman–Crippen LogP) is 3.12. The Morgan fingerprint density at radius 2 is 1.21 bits per heavy atom. The second-order valence-corrected chi connectivity index (χ2v) is 13.3. The maximum atomic E-state index is 12.7. The van der Waals surface area contributed by atoms with Crippen molar-refractivity contribution in [3.63, 3.8) is 0 Å². The molecule has 8 atom stereocenters. The van der Waals surface area contributed by atoms with Crippen LogP contribution in [0, 0.1) is 11.8 Å². The van der Waals surface area contributed by atoms with Crippen LogP contribution in [-0.4, -0.2) is 72.5 Å². The van der Waals surface area contributed by atoms with Crippen molar-refractivity contribution in [1.82, 2.24) is 10.6 Å². The van der Waals surface area contributed by atoms with Crippen LogP contribution in [0.25, 0.3) is 0 Å². The molecule has 0 unspecified atom stereocenters. The number of esters is 2. The molecule has 0 aromatic heterocycles. The Balaban J connectivity index is 0.981. The molecule has 10 heteroatoms. The van der Waals surface area contributed by atoms with Gasteiger partial charge in [0.25, 0.3) is 0 Å². The molecule has 10 nitrogen and oxygen atoms in total. The van der Waals surface area contributed by atoms with Crippen molar-refractivity contribution in [1.29, 1.82) is 0 Å². The van der Waals surface area contributed by atoms with E-state index in [-0.39, 0.29) is 77.6 Å². The molecule has 2 aliphatic carbocycles. The van der Waals surface area contributed by atoms with E-state index in [0.29, 0.717) is 49.9 Å².